The van der Waals surface area contributed by atoms with Crippen molar-refractivity contribution in [3.63, 3.8) is 0 Å². The fraction of sp³-hybridized carbons (Fsp3) is 0.667. The van der Waals surface area contributed by atoms with Gasteiger partial charge in [0.15, 0.2) is 11.5 Å². The highest BCUT2D eigenvalue weighted by Gasteiger charge is 2.35. The third-order valence-corrected chi connectivity index (χ3v) is 7.13. The van der Waals surface area contributed by atoms with Crippen molar-refractivity contribution in [2.24, 2.45) is 17.8 Å². The molecular formula is C21H30N4OS. The van der Waals surface area contributed by atoms with Crippen molar-refractivity contribution in [1.82, 2.24) is 19.9 Å². The molecule has 0 radical (unpaired) electrons. The molecule has 4 unspecified atom stereocenters. The molecule has 4 atom stereocenters. The first kappa shape index (κ1) is 18.8. The van der Waals surface area contributed by atoms with Crippen molar-refractivity contribution in [2.75, 3.05) is 12.0 Å². The Bertz CT molecular complexity index is 776. The van der Waals surface area contributed by atoms with E-state index >= 15 is 0 Å². The Morgan fingerprint density at radius 2 is 2.07 bits per heavy atom. The minimum absolute atomic E-state index is 0.0774. The third-order valence-electron chi connectivity index (χ3n) is 6.49. The van der Waals surface area contributed by atoms with Crippen molar-refractivity contribution >= 4 is 23.3 Å². The molecule has 1 N–H and O–H groups in total. The van der Waals surface area contributed by atoms with E-state index < -0.39 is 0 Å². The van der Waals surface area contributed by atoms with Crippen LogP contribution in [-0.4, -0.2) is 32.5 Å². The number of fused-ring (bicyclic) bond motifs is 2. The summed E-state index contributed by atoms with van der Waals surface area (Å²) in [7, 11) is 0. The fourth-order valence-corrected chi connectivity index (χ4v) is 5.47. The van der Waals surface area contributed by atoms with Crippen LogP contribution in [0.4, 0.5) is 0 Å². The van der Waals surface area contributed by atoms with Gasteiger partial charge in [0.25, 0.3) is 0 Å². The van der Waals surface area contributed by atoms with E-state index in [2.05, 4.69) is 21.8 Å². The average molecular weight is 387 g/mol. The Labute approximate surface area is 165 Å². The van der Waals surface area contributed by atoms with E-state index in [0.717, 1.165) is 48.3 Å². The van der Waals surface area contributed by atoms with Crippen molar-refractivity contribution in [3.8, 4) is 0 Å². The van der Waals surface area contributed by atoms with Gasteiger partial charge in [0.05, 0.1) is 6.04 Å². The molecule has 6 heteroatoms. The molecule has 1 amide bonds. The topological polar surface area (TPSA) is 59.3 Å². The number of carbonyl (C=O) groups is 1. The van der Waals surface area contributed by atoms with Gasteiger partial charge in [0, 0.05) is 12.1 Å². The van der Waals surface area contributed by atoms with Gasteiger partial charge < -0.3 is 5.32 Å². The summed E-state index contributed by atoms with van der Waals surface area (Å²) in [4.78, 5) is 13.1. The zero-order valence-electron chi connectivity index (χ0n) is 16.1. The van der Waals surface area contributed by atoms with Crippen LogP contribution in [0.25, 0.3) is 5.65 Å². The van der Waals surface area contributed by atoms with Gasteiger partial charge in [-0.15, -0.1) is 10.2 Å². The van der Waals surface area contributed by atoms with Gasteiger partial charge in [-0.05, 0) is 61.7 Å². The average Bonchev–Trinajstić information content (AvgIpc) is 3.14. The maximum atomic E-state index is 13.1. The van der Waals surface area contributed by atoms with E-state index in [9.17, 15) is 4.79 Å². The van der Waals surface area contributed by atoms with Gasteiger partial charge in [0.2, 0.25) is 5.91 Å². The van der Waals surface area contributed by atoms with Gasteiger partial charge in [-0.1, -0.05) is 31.7 Å². The predicted molar refractivity (Wildman–Crippen MR) is 110 cm³/mol. The molecule has 2 aliphatic rings. The lowest BCUT2D eigenvalue weighted by atomic mass is 9.67. The molecule has 0 spiro atoms. The molecule has 0 bridgehead atoms. The first-order chi connectivity index (χ1) is 13.3. The first-order valence-electron chi connectivity index (χ1n) is 10.3. The van der Waals surface area contributed by atoms with Gasteiger partial charge in [-0.25, -0.2) is 0 Å². The van der Waals surface area contributed by atoms with Crippen LogP contribution in [0.5, 0.6) is 0 Å². The second-order valence-corrected chi connectivity index (χ2v) is 9.13. The summed E-state index contributed by atoms with van der Waals surface area (Å²) in [6.07, 6.45) is 13.7. The lowest BCUT2D eigenvalue weighted by Gasteiger charge is -2.39. The number of carbonyl (C=O) groups excluding carboxylic acids is 1. The number of hydrogen-bond acceptors (Lipinski definition) is 4. The Hall–Kier alpha value is -1.56. The number of nitrogens with one attached hydrogen (secondary N) is 1. The van der Waals surface area contributed by atoms with Crippen LogP contribution >= 0.6 is 11.8 Å². The van der Waals surface area contributed by atoms with Crippen molar-refractivity contribution < 1.29 is 4.79 Å². The zero-order chi connectivity index (χ0) is 18.6. The minimum atomic E-state index is -0.0774. The largest absolute Gasteiger partial charge is 0.346 e. The summed E-state index contributed by atoms with van der Waals surface area (Å²) >= 11 is 1.80. The van der Waals surface area contributed by atoms with E-state index in [-0.39, 0.29) is 17.9 Å². The summed E-state index contributed by atoms with van der Waals surface area (Å²) < 4.78 is 2.00. The van der Waals surface area contributed by atoms with Crippen molar-refractivity contribution in [3.05, 3.63) is 30.2 Å². The molecule has 0 saturated heterocycles. The van der Waals surface area contributed by atoms with Crippen LogP contribution in [0.1, 0.15) is 63.2 Å². The first-order valence-corrected chi connectivity index (χ1v) is 11.7. The summed E-state index contributed by atoms with van der Waals surface area (Å²) in [5, 5.41) is 12.0. The SMILES string of the molecule is CSCCC(NC(=O)C1CCC2CCCCC2C1)c1nnc2ccccn12. The Balaban J connectivity index is 1.47. The van der Waals surface area contributed by atoms with Gasteiger partial charge >= 0.3 is 0 Å². The highest BCUT2D eigenvalue weighted by atomic mass is 32.2. The van der Waals surface area contributed by atoms with Crippen molar-refractivity contribution in [2.45, 2.75) is 57.4 Å². The molecule has 2 aromatic rings. The monoisotopic (exact) mass is 386 g/mol. The van der Waals surface area contributed by atoms with Crippen LogP contribution in [-0.2, 0) is 4.79 Å². The highest BCUT2D eigenvalue weighted by Crippen LogP contribution is 2.42. The Morgan fingerprint density at radius 3 is 2.93 bits per heavy atom. The Kier molecular flexibility index (Phi) is 6.01. The molecule has 146 valence electrons. The van der Waals surface area contributed by atoms with Crippen LogP contribution in [0.15, 0.2) is 24.4 Å². The molecule has 0 aromatic carbocycles. The molecule has 27 heavy (non-hydrogen) atoms. The normalized spacial score (nSPS) is 26.5. The van der Waals surface area contributed by atoms with Gasteiger partial charge in [-0.2, -0.15) is 11.8 Å². The molecule has 2 aliphatic carbocycles. The van der Waals surface area contributed by atoms with Crippen LogP contribution in [0.2, 0.25) is 0 Å². The summed E-state index contributed by atoms with van der Waals surface area (Å²) in [6, 6.07) is 5.82. The molecule has 5 nitrogen and oxygen atoms in total. The molecule has 2 fully saturated rings. The van der Waals surface area contributed by atoms with Crippen molar-refractivity contribution in [1.29, 1.82) is 0 Å². The molecule has 2 heterocycles. The van der Waals surface area contributed by atoms with E-state index in [1.54, 1.807) is 11.8 Å². The Morgan fingerprint density at radius 1 is 1.22 bits per heavy atom. The fourth-order valence-electron chi connectivity index (χ4n) is 5.00. The van der Waals surface area contributed by atoms with Gasteiger partial charge in [0.1, 0.15) is 0 Å². The van der Waals surface area contributed by atoms with Crippen LogP contribution in [0.3, 0.4) is 0 Å². The minimum Gasteiger partial charge on any atom is -0.346 e. The summed E-state index contributed by atoms with van der Waals surface area (Å²) in [5.74, 6) is 3.86. The molecule has 2 saturated carbocycles. The smallest absolute Gasteiger partial charge is 0.223 e. The lowest BCUT2D eigenvalue weighted by Crippen LogP contribution is -2.39. The quantitative estimate of drug-likeness (QED) is 0.806. The number of aromatic nitrogens is 3. The maximum Gasteiger partial charge on any atom is 0.223 e. The number of rotatable bonds is 6. The summed E-state index contributed by atoms with van der Waals surface area (Å²) in [5.41, 5.74) is 0.832. The van der Waals surface area contributed by atoms with E-state index in [4.69, 9.17) is 0 Å². The standard InChI is InChI=1S/C21H30N4OS/c1-27-13-11-18(20-24-23-19-8-4-5-12-25(19)20)22-21(26)17-10-9-15-6-2-3-7-16(15)14-17/h4-5,8,12,15-18H,2-3,6-7,9-11,13-14H2,1H3,(H,22,26). The maximum absolute atomic E-state index is 13.1. The number of amides is 1. The third kappa shape index (κ3) is 4.15. The summed E-state index contributed by atoms with van der Waals surface area (Å²) in [6.45, 7) is 0. The molecule has 0 aliphatic heterocycles. The van der Waals surface area contributed by atoms with E-state index in [0.29, 0.717) is 0 Å². The predicted octanol–water partition coefficient (Wildman–Crippen LogP) is 4.25. The van der Waals surface area contributed by atoms with E-state index in [1.165, 1.54) is 32.1 Å². The molecule has 4 rings (SSSR count). The highest BCUT2D eigenvalue weighted by molar-refractivity contribution is 7.98. The lowest BCUT2D eigenvalue weighted by molar-refractivity contribution is -0.128. The zero-order valence-corrected chi connectivity index (χ0v) is 17.0. The number of nitrogens with zero attached hydrogens (tertiary/aromatic N) is 3. The van der Waals surface area contributed by atoms with Crippen LogP contribution < -0.4 is 5.32 Å². The number of hydrogen-bond donors (Lipinski definition) is 1. The second kappa shape index (κ2) is 8.63. The molecular weight excluding hydrogens is 356 g/mol. The number of thioether (sulfide) groups is 1. The number of pyridine rings is 1. The van der Waals surface area contributed by atoms with Gasteiger partial charge in [-0.3, -0.25) is 9.20 Å². The van der Waals surface area contributed by atoms with E-state index in [1.807, 2.05) is 28.8 Å². The van der Waals surface area contributed by atoms with Crippen LogP contribution in [0, 0.1) is 17.8 Å². The second-order valence-electron chi connectivity index (χ2n) is 8.14. The molecule has 2 aromatic heterocycles.